The van der Waals surface area contributed by atoms with Crippen LogP contribution in [0.15, 0.2) is 24.3 Å². The van der Waals surface area contributed by atoms with Crippen LogP contribution in [0.25, 0.3) is 0 Å². The highest BCUT2D eigenvalue weighted by Crippen LogP contribution is 2.48. The third-order valence-electron chi connectivity index (χ3n) is 4.27. The molecule has 0 radical (unpaired) electrons. The van der Waals surface area contributed by atoms with Gasteiger partial charge in [-0.1, -0.05) is 17.7 Å². The largest absolute Gasteiger partial charge is 0.496 e. The smallest absolute Gasteiger partial charge is 0.311 e. The van der Waals surface area contributed by atoms with Crippen LogP contribution in [0.2, 0.25) is 5.02 Å². The second kappa shape index (κ2) is 7.32. The predicted octanol–water partition coefficient (Wildman–Crippen LogP) is 3.98. The Balaban J connectivity index is 2.08. The van der Waals surface area contributed by atoms with E-state index in [4.69, 9.17) is 30.5 Å². The summed E-state index contributed by atoms with van der Waals surface area (Å²) in [7, 11) is 4.20. The molecule has 0 saturated carbocycles. The molecular weight excluding hydrogens is 378 g/mol. The molecule has 0 fully saturated rings. The fourth-order valence-corrected chi connectivity index (χ4v) is 3.23. The fraction of sp³-hybridized carbons (Fsp3) is 0.278. The Kier molecular flexibility index (Phi) is 5.09. The molecule has 8 nitrogen and oxygen atoms in total. The van der Waals surface area contributed by atoms with Gasteiger partial charge in [-0.25, -0.2) is 0 Å². The summed E-state index contributed by atoms with van der Waals surface area (Å²) in [6, 6.07) is 5.92. The van der Waals surface area contributed by atoms with Gasteiger partial charge in [-0.3, -0.25) is 14.9 Å². The molecule has 0 amide bonds. The number of benzene rings is 2. The average molecular weight is 394 g/mol. The van der Waals surface area contributed by atoms with Gasteiger partial charge in [0.25, 0.3) is 0 Å². The van der Waals surface area contributed by atoms with E-state index in [2.05, 4.69) is 0 Å². The van der Waals surface area contributed by atoms with Gasteiger partial charge >= 0.3 is 5.69 Å². The number of carbonyl (C=O) groups excluding carboxylic acids is 1. The zero-order chi connectivity index (χ0) is 19.7. The highest BCUT2D eigenvalue weighted by Gasteiger charge is 2.35. The van der Waals surface area contributed by atoms with E-state index in [0.29, 0.717) is 11.3 Å². The lowest BCUT2D eigenvalue weighted by molar-refractivity contribution is -0.385. The number of nitro benzene ring substituents is 1. The second-order valence-electron chi connectivity index (χ2n) is 5.72. The van der Waals surface area contributed by atoms with Gasteiger partial charge < -0.3 is 18.9 Å². The van der Waals surface area contributed by atoms with Crippen LogP contribution < -0.4 is 18.9 Å². The molecule has 0 N–H and O–H groups in total. The summed E-state index contributed by atoms with van der Waals surface area (Å²) in [5.74, 6) is 0.582. The van der Waals surface area contributed by atoms with Crippen LogP contribution in [0.1, 0.15) is 28.4 Å². The summed E-state index contributed by atoms with van der Waals surface area (Å²) in [5, 5.41) is 11.4. The highest BCUT2D eigenvalue weighted by molar-refractivity contribution is 6.34. The summed E-state index contributed by atoms with van der Waals surface area (Å²) >= 11 is 6.32. The number of methoxy groups -OCH3 is 3. The normalized spacial score (nSPS) is 15.6. The molecule has 1 atom stereocenters. The topological polar surface area (TPSA) is 97.1 Å². The van der Waals surface area contributed by atoms with Crippen LogP contribution >= 0.6 is 11.6 Å². The molecule has 1 aliphatic heterocycles. The lowest BCUT2D eigenvalue weighted by atomic mass is 9.95. The third kappa shape index (κ3) is 3.23. The number of nitro groups is 1. The molecule has 0 aliphatic carbocycles. The lowest BCUT2D eigenvalue weighted by Crippen LogP contribution is -2.21. The first kappa shape index (κ1) is 18.8. The Labute approximate surface area is 159 Å². The minimum Gasteiger partial charge on any atom is -0.496 e. The van der Waals surface area contributed by atoms with Crippen molar-refractivity contribution in [3.8, 4) is 23.0 Å². The fourth-order valence-electron chi connectivity index (χ4n) is 2.96. The SMILES string of the molecule is COc1ccc(C2CC(=O)c3c(OC)cc(OC)c(Cl)c3O2)cc1[N+](=O)[O-]. The van der Waals surface area contributed by atoms with Gasteiger partial charge in [0.2, 0.25) is 0 Å². The van der Waals surface area contributed by atoms with Crippen molar-refractivity contribution in [3.05, 3.63) is 50.5 Å². The van der Waals surface area contributed by atoms with Gasteiger partial charge in [-0.2, -0.15) is 0 Å². The average Bonchev–Trinajstić information content (AvgIpc) is 2.67. The van der Waals surface area contributed by atoms with Gasteiger partial charge in [-0.05, 0) is 11.6 Å². The Morgan fingerprint density at radius 2 is 1.78 bits per heavy atom. The van der Waals surface area contributed by atoms with Crippen molar-refractivity contribution in [1.29, 1.82) is 0 Å². The van der Waals surface area contributed by atoms with Crippen LogP contribution in [0.4, 0.5) is 5.69 Å². The first-order valence-electron chi connectivity index (χ1n) is 7.87. The predicted molar refractivity (Wildman–Crippen MR) is 96.5 cm³/mol. The van der Waals surface area contributed by atoms with Crippen molar-refractivity contribution < 1.29 is 28.7 Å². The number of hydrogen-bond donors (Lipinski definition) is 0. The van der Waals surface area contributed by atoms with E-state index in [1.165, 1.54) is 39.5 Å². The standard InChI is InChI=1S/C18H16ClNO7/c1-24-12-5-4-9(6-10(12)20(22)23)13-7-11(21)16-14(25-2)8-15(26-3)17(19)18(16)27-13/h4-6,8,13H,7H2,1-3H3. The van der Waals surface area contributed by atoms with Crippen LogP contribution in [-0.4, -0.2) is 32.0 Å². The molecule has 1 heterocycles. The molecule has 0 spiro atoms. The number of carbonyl (C=O) groups is 1. The lowest BCUT2D eigenvalue weighted by Gasteiger charge is -2.28. The maximum Gasteiger partial charge on any atom is 0.311 e. The zero-order valence-corrected chi connectivity index (χ0v) is 15.5. The Morgan fingerprint density at radius 3 is 2.37 bits per heavy atom. The van der Waals surface area contributed by atoms with Crippen LogP contribution in [-0.2, 0) is 0 Å². The third-order valence-corrected chi connectivity index (χ3v) is 4.63. The number of nitrogens with zero attached hydrogens (tertiary/aromatic N) is 1. The number of rotatable bonds is 5. The quantitative estimate of drug-likeness (QED) is 0.559. The summed E-state index contributed by atoms with van der Waals surface area (Å²) in [4.78, 5) is 23.4. The van der Waals surface area contributed by atoms with Gasteiger partial charge in [0.05, 0.1) is 32.7 Å². The minimum atomic E-state index is -0.746. The summed E-state index contributed by atoms with van der Waals surface area (Å²) in [6.45, 7) is 0. The van der Waals surface area contributed by atoms with Crippen molar-refractivity contribution in [3.63, 3.8) is 0 Å². The summed E-state index contributed by atoms with van der Waals surface area (Å²) in [5.41, 5.74) is 0.466. The first-order valence-corrected chi connectivity index (χ1v) is 8.25. The molecule has 0 bridgehead atoms. The van der Waals surface area contributed by atoms with Crippen LogP contribution in [0.3, 0.4) is 0 Å². The van der Waals surface area contributed by atoms with E-state index in [9.17, 15) is 14.9 Å². The molecule has 0 saturated heterocycles. The van der Waals surface area contributed by atoms with E-state index in [1.54, 1.807) is 6.07 Å². The maximum atomic E-state index is 12.7. The van der Waals surface area contributed by atoms with Crippen molar-refractivity contribution in [2.75, 3.05) is 21.3 Å². The Bertz CT molecular complexity index is 928. The van der Waals surface area contributed by atoms with E-state index >= 15 is 0 Å². The van der Waals surface area contributed by atoms with Crippen LogP contribution in [0, 0.1) is 10.1 Å². The molecule has 142 valence electrons. The van der Waals surface area contributed by atoms with Gasteiger partial charge in [0.1, 0.15) is 28.2 Å². The Hall–Kier alpha value is -3.00. The zero-order valence-electron chi connectivity index (χ0n) is 14.8. The number of halogens is 1. The van der Waals surface area contributed by atoms with E-state index in [-0.39, 0.29) is 45.7 Å². The number of ketones is 1. The number of fused-ring (bicyclic) bond motifs is 1. The molecule has 1 aliphatic rings. The molecule has 9 heteroatoms. The summed E-state index contributed by atoms with van der Waals surface area (Å²) in [6.07, 6.45) is -0.765. The van der Waals surface area contributed by atoms with Crippen molar-refractivity contribution >= 4 is 23.1 Å². The number of Topliss-reactive ketones (excluding diaryl/α,β-unsaturated/α-hetero) is 1. The van der Waals surface area contributed by atoms with E-state index < -0.39 is 11.0 Å². The summed E-state index contributed by atoms with van der Waals surface area (Å²) < 4.78 is 21.4. The van der Waals surface area contributed by atoms with Gasteiger partial charge in [-0.15, -0.1) is 0 Å². The molecular formula is C18H16ClNO7. The van der Waals surface area contributed by atoms with Crippen molar-refractivity contribution in [2.24, 2.45) is 0 Å². The molecule has 3 rings (SSSR count). The van der Waals surface area contributed by atoms with Gasteiger partial charge in [0, 0.05) is 12.1 Å². The molecule has 0 aromatic heterocycles. The van der Waals surface area contributed by atoms with Crippen molar-refractivity contribution in [1.82, 2.24) is 0 Å². The van der Waals surface area contributed by atoms with E-state index in [1.807, 2.05) is 0 Å². The van der Waals surface area contributed by atoms with Crippen molar-refractivity contribution in [2.45, 2.75) is 12.5 Å². The monoisotopic (exact) mass is 393 g/mol. The van der Waals surface area contributed by atoms with Crippen LogP contribution in [0.5, 0.6) is 23.0 Å². The number of ether oxygens (including phenoxy) is 4. The Morgan fingerprint density at radius 1 is 1.11 bits per heavy atom. The maximum absolute atomic E-state index is 12.7. The first-order chi connectivity index (χ1) is 12.9. The van der Waals surface area contributed by atoms with E-state index in [0.717, 1.165) is 0 Å². The molecule has 2 aromatic rings. The molecule has 27 heavy (non-hydrogen) atoms. The highest BCUT2D eigenvalue weighted by atomic mass is 35.5. The molecule has 2 aromatic carbocycles. The van der Waals surface area contributed by atoms with Gasteiger partial charge in [0.15, 0.2) is 17.3 Å². The number of hydrogen-bond acceptors (Lipinski definition) is 7. The second-order valence-corrected chi connectivity index (χ2v) is 6.10. The molecule has 1 unspecified atom stereocenters. The minimum absolute atomic E-state index is 0.0184.